The molecule has 0 aromatic heterocycles. The van der Waals surface area contributed by atoms with Crippen LogP contribution in [0, 0.1) is 5.92 Å². The lowest BCUT2D eigenvalue weighted by Gasteiger charge is -2.22. The summed E-state index contributed by atoms with van der Waals surface area (Å²) in [6, 6.07) is 0. The highest BCUT2D eigenvalue weighted by Gasteiger charge is 2.48. The molecule has 1 unspecified atom stereocenters. The van der Waals surface area contributed by atoms with Crippen LogP contribution in [0.5, 0.6) is 0 Å². The predicted octanol–water partition coefficient (Wildman–Crippen LogP) is 4.76. The molecular weight excluding hydrogens is 356 g/mol. The maximum absolute atomic E-state index is 10.7. The monoisotopic (exact) mass is 392 g/mol. The van der Waals surface area contributed by atoms with Crippen LogP contribution in [0.4, 0.5) is 0 Å². The van der Waals surface area contributed by atoms with Crippen LogP contribution in [0.3, 0.4) is 0 Å². The number of allylic oxidation sites excluding steroid dienone is 4. The van der Waals surface area contributed by atoms with E-state index in [1.165, 1.54) is 31.3 Å². The topological polar surface area (TPSA) is 76.0 Å². The van der Waals surface area contributed by atoms with E-state index in [0.29, 0.717) is 6.42 Å². The molecule has 0 radical (unpaired) electrons. The Hall–Kier alpha value is -1.43. The van der Waals surface area contributed by atoms with Crippen molar-refractivity contribution in [1.82, 2.24) is 0 Å². The van der Waals surface area contributed by atoms with Gasteiger partial charge in [-0.25, -0.2) is 4.79 Å². The molecule has 4 atom stereocenters. The molecular formula is C23H36O5. The van der Waals surface area contributed by atoms with Crippen molar-refractivity contribution >= 4 is 5.97 Å². The third-order valence-electron chi connectivity index (χ3n) is 5.33. The van der Waals surface area contributed by atoms with E-state index < -0.39 is 17.9 Å². The lowest BCUT2D eigenvalue weighted by atomic mass is 9.93. The van der Waals surface area contributed by atoms with Crippen molar-refractivity contribution < 1.29 is 24.5 Å². The molecule has 0 spiro atoms. The first-order chi connectivity index (χ1) is 13.3. The average molecular weight is 393 g/mol. The van der Waals surface area contributed by atoms with E-state index in [0.717, 1.165) is 12.8 Å². The molecule has 0 saturated carbocycles. The molecule has 28 heavy (non-hydrogen) atoms. The van der Waals surface area contributed by atoms with Crippen molar-refractivity contribution in [3.8, 4) is 0 Å². The minimum absolute atomic E-state index is 0.0121. The Morgan fingerprint density at radius 1 is 1.18 bits per heavy atom. The molecule has 1 aliphatic heterocycles. The summed E-state index contributed by atoms with van der Waals surface area (Å²) in [6.07, 6.45) is 17.1. The van der Waals surface area contributed by atoms with Crippen LogP contribution in [-0.4, -0.2) is 40.3 Å². The van der Waals surface area contributed by atoms with Crippen molar-refractivity contribution in [3.05, 3.63) is 36.0 Å². The lowest BCUT2D eigenvalue weighted by Crippen LogP contribution is -2.26. The number of carbonyl (C=O) groups is 1. The second-order valence-corrected chi connectivity index (χ2v) is 8.23. The first-order valence-corrected chi connectivity index (χ1v) is 10.6. The molecule has 0 bridgehead atoms. The van der Waals surface area contributed by atoms with Crippen LogP contribution >= 0.6 is 0 Å². The van der Waals surface area contributed by atoms with E-state index >= 15 is 0 Å². The van der Waals surface area contributed by atoms with Crippen LogP contribution < -0.4 is 0 Å². The number of hydrogen-bond acceptors (Lipinski definition) is 4. The van der Waals surface area contributed by atoms with Gasteiger partial charge < -0.3 is 19.7 Å². The van der Waals surface area contributed by atoms with Gasteiger partial charge in [-0.15, -0.1) is 0 Å². The second kappa shape index (κ2) is 10.9. The number of rotatable bonds is 12. The van der Waals surface area contributed by atoms with E-state index in [-0.39, 0.29) is 24.5 Å². The normalized spacial score (nSPS) is 27.4. The van der Waals surface area contributed by atoms with Gasteiger partial charge in [0.15, 0.2) is 11.9 Å². The van der Waals surface area contributed by atoms with Gasteiger partial charge in [-0.05, 0) is 57.6 Å². The number of ether oxygens (including phenoxy) is 2. The molecule has 0 amide bonds. The van der Waals surface area contributed by atoms with Gasteiger partial charge in [0.1, 0.15) is 6.10 Å². The maximum Gasteiger partial charge on any atom is 0.332 e. The van der Waals surface area contributed by atoms with Crippen molar-refractivity contribution in [2.24, 2.45) is 5.92 Å². The third-order valence-corrected chi connectivity index (χ3v) is 5.33. The highest BCUT2D eigenvalue weighted by molar-refractivity contribution is 5.71. The number of aliphatic hydroxyl groups excluding tert-OH is 1. The highest BCUT2D eigenvalue weighted by Crippen LogP contribution is 2.43. The van der Waals surface area contributed by atoms with Gasteiger partial charge in [-0.1, -0.05) is 50.5 Å². The molecule has 1 fully saturated rings. The summed E-state index contributed by atoms with van der Waals surface area (Å²) in [5, 5.41) is 18.1. The minimum Gasteiger partial charge on any atom is -0.479 e. The fourth-order valence-corrected chi connectivity index (χ4v) is 3.86. The summed E-state index contributed by atoms with van der Waals surface area (Å²) >= 11 is 0. The fourth-order valence-electron chi connectivity index (χ4n) is 3.86. The summed E-state index contributed by atoms with van der Waals surface area (Å²) in [5.74, 6) is -1.49. The highest BCUT2D eigenvalue weighted by atomic mass is 16.8. The molecule has 2 aliphatic rings. The second-order valence-electron chi connectivity index (χ2n) is 8.23. The molecule has 2 N–H and O–H groups in total. The van der Waals surface area contributed by atoms with Crippen LogP contribution in [0.25, 0.3) is 0 Å². The summed E-state index contributed by atoms with van der Waals surface area (Å²) < 4.78 is 12.2. The average Bonchev–Trinajstić information content (AvgIpc) is 3.09. The van der Waals surface area contributed by atoms with E-state index in [1.54, 1.807) is 0 Å². The quantitative estimate of drug-likeness (QED) is 0.370. The smallest absolute Gasteiger partial charge is 0.332 e. The molecule has 0 aromatic carbocycles. The SMILES string of the molecule is CCCCCCC=CC1=C[C@H]2OC(C)(C)O[C@H]2[C@@H]1C/C=C/CCC(O)C(=O)O. The first kappa shape index (κ1) is 22.9. The number of aliphatic carboxylic acids is 1. The largest absolute Gasteiger partial charge is 0.479 e. The van der Waals surface area contributed by atoms with Gasteiger partial charge >= 0.3 is 5.97 Å². The summed E-state index contributed by atoms with van der Waals surface area (Å²) in [6.45, 7) is 6.12. The van der Waals surface area contributed by atoms with Crippen LogP contribution in [0.15, 0.2) is 36.0 Å². The van der Waals surface area contributed by atoms with Crippen molar-refractivity contribution in [1.29, 1.82) is 0 Å². The van der Waals surface area contributed by atoms with Crippen molar-refractivity contribution in [3.63, 3.8) is 0 Å². The molecule has 5 heteroatoms. The summed E-state index contributed by atoms with van der Waals surface area (Å²) in [4.78, 5) is 10.7. The number of carboxylic acid groups (broad SMARTS) is 1. The summed E-state index contributed by atoms with van der Waals surface area (Å²) in [5.41, 5.74) is 1.26. The Labute approximate surface area is 169 Å². The number of hydrogen-bond donors (Lipinski definition) is 2. The van der Waals surface area contributed by atoms with Crippen molar-refractivity contribution in [2.45, 2.75) is 96.2 Å². The van der Waals surface area contributed by atoms with Gasteiger partial charge in [0.05, 0.1) is 6.10 Å². The number of aliphatic hydroxyl groups is 1. The Morgan fingerprint density at radius 3 is 2.68 bits per heavy atom. The number of unbranched alkanes of at least 4 members (excludes halogenated alkanes) is 4. The number of carboxylic acids is 1. The zero-order valence-corrected chi connectivity index (χ0v) is 17.5. The summed E-state index contributed by atoms with van der Waals surface area (Å²) in [7, 11) is 0. The first-order valence-electron chi connectivity index (χ1n) is 10.6. The maximum atomic E-state index is 10.7. The van der Waals surface area contributed by atoms with Gasteiger partial charge in [0.2, 0.25) is 0 Å². The standard InChI is InChI=1S/C23H36O5/c1-4-5-6-7-8-10-13-17-16-20-21(28-23(2,3)27-20)18(17)14-11-9-12-15-19(24)22(25)26/h9-11,13,16,18-21,24H,4-8,12,14-15H2,1-3H3,(H,25,26)/b11-9+,13-10?/t18-,19?,20-,21+/m1/s1. The van der Waals surface area contributed by atoms with Crippen LogP contribution in [0.1, 0.15) is 72.1 Å². The Morgan fingerprint density at radius 2 is 1.96 bits per heavy atom. The molecule has 5 nitrogen and oxygen atoms in total. The van der Waals surface area contributed by atoms with E-state index in [9.17, 15) is 9.90 Å². The molecule has 0 aromatic rings. The van der Waals surface area contributed by atoms with E-state index in [2.05, 4.69) is 31.2 Å². The lowest BCUT2D eigenvalue weighted by molar-refractivity contribution is -0.148. The van der Waals surface area contributed by atoms with E-state index in [4.69, 9.17) is 14.6 Å². The fraction of sp³-hybridized carbons (Fsp3) is 0.696. The Kier molecular flexibility index (Phi) is 8.93. The third kappa shape index (κ3) is 6.87. The minimum atomic E-state index is -1.29. The molecule has 158 valence electrons. The van der Waals surface area contributed by atoms with Gasteiger partial charge in [-0.3, -0.25) is 0 Å². The zero-order valence-electron chi connectivity index (χ0n) is 17.5. The van der Waals surface area contributed by atoms with Crippen molar-refractivity contribution in [2.75, 3.05) is 0 Å². The van der Waals surface area contributed by atoms with Crippen LogP contribution in [0.2, 0.25) is 0 Å². The molecule has 2 rings (SSSR count). The molecule has 1 aliphatic carbocycles. The van der Waals surface area contributed by atoms with E-state index in [1.807, 2.05) is 19.9 Å². The van der Waals surface area contributed by atoms with Gasteiger partial charge in [-0.2, -0.15) is 0 Å². The number of fused-ring (bicyclic) bond motifs is 1. The molecule has 1 saturated heterocycles. The molecule has 1 heterocycles. The van der Waals surface area contributed by atoms with Crippen LogP contribution in [-0.2, 0) is 14.3 Å². The van der Waals surface area contributed by atoms with Gasteiger partial charge in [0.25, 0.3) is 0 Å². The zero-order chi connectivity index (χ0) is 20.6. The Balaban J connectivity index is 1.90. The Bertz CT molecular complexity index is 590. The van der Waals surface area contributed by atoms with Gasteiger partial charge in [0, 0.05) is 5.92 Å². The predicted molar refractivity (Wildman–Crippen MR) is 110 cm³/mol.